The summed E-state index contributed by atoms with van der Waals surface area (Å²) in [5.74, 6) is 0. The van der Waals surface area contributed by atoms with Crippen molar-refractivity contribution in [3.05, 3.63) is 12.1 Å². The standard InChI is InChI=1S/C6H6O6S4.Zn/c7-14(8)3-1-4(15(9)10)6(13)5(2-3)16(11)12;/h1-2,13H,(H,7,8)(H,9,10)(H,11,12);. The molecule has 0 bridgehead atoms. The Kier molecular flexibility index (Phi) is 7.42. The number of hydrogen-bond acceptors (Lipinski definition) is 4. The molecule has 0 saturated heterocycles. The fourth-order valence-electron chi connectivity index (χ4n) is 0.925. The van der Waals surface area contributed by atoms with Gasteiger partial charge in [-0.3, -0.25) is 0 Å². The Hall–Kier alpha value is 0.523. The van der Waals surface area contributed by atoms with Crippen LogP contribution in [0.4, 0.5) is 0 Å². The van der Waals surface area contributed by atoms with Crippen molar-refractivity contribution >= 4 is 45.9 Å². The second-order valence-electron chi connectivity index (χ2n) is 2.52. The van der Waals surface area contributed by atoms with Gasteiger partial charge in [0.2, 0.25) is 0 Å². The fourth-order valence-corrected chi connectivity index (χ4v) is 3.18. The van der Waals surface area contributed by atoms with Crippen LogP contribution in [-0.4, -0.2) is 26.3 Å². The van der Waals surface area contributed by atoms with Crippen molar-refractivity contribution in [1.82, 2.24) is 0 Å². The molecule has 0 aliphatic rings. The predicted octanol–water partition coefficient (Wildman–Crippen LogP) is 0.715. The van der Waals surface area contributed by atoms with E-state index in [1.165, 1.54) is 0 Å². The molecule has 6 nitrogen and oxygen atoms in total. The van der Waals surface area contributed by atoms with E-state index in [0.29, 0.717) is 0 Å². The molecule has 1 aromatic rings. The van der Waals surface area contributed by atoms with Gasteiger partial charge in [-0.25, -0.2) is 12.6 Å². The van der Waals surface area contributed by atoms with E-state index in [2.05, 4.69) is 12.6 Å². The van der Waals surface area contributed by atoms with Crippen LogP contribution in [0.25, 0.3) is 0 Å². The minimum atomic E-state index is -2.46. The fraction of sp³-hybridized carbons (Fsp3) is 0. The number of benzene rings is 1. The third-order valence-corrected chi connectivity index (χ3v) is 4.41. The van der Waals surface area contributed by atoms with Crippen molar-refractivity contribution in [2.75, 3.05) is 0 Å². The van der Waals surface area contributed by atoms with Crippen LogP contribution in [-0.2, 0) is 52.7 Å². The van der Waals surface area contributed by atoms with Crippen molar-refractivity contribution in [3.8, 4) is 0 Å². The van der Waals surface area contributed by atoms with Crippen LogP contribution in [0.15, 0.2) is 31.7 Å². The van der Waals surface area contributed by atoms with Crippen LogP contribution in [0.2, 0.25) is 0 Å². The molecule has 0 fully saturated rings. The minimum absolute atomic E-state index is 0. The molecule has 0 spiro atoms. The van der Waals surface area contributed by atoms with Crippen molar-refractivity contribution in [2.24, 2.45) is 0 Å². The maximum Gasteiger partial charge on any atom is 0.187 e. The molecular weight excluding hydrogens is 362 g/mol. The average Bonchev–Trinajstić information content (AvgIpc) is 2.16. The van der Waals surface area contributed by atoms with Crippen LogP contribution in [0.5, 0.6) is 0 Å². The van der Waals surface area contributed by atoms with E-state index < -0.39 is 33.2 Å². The summed E-state index contributed by atoms with van der Waals surface area (Å²) in [6.07, 6.45) is 0. The molecule has 0 aromatic heterocycles. The Bertz CT molecular complexity index is 468. The van der Waals surface area contributed by atoms with Gasteiger partial charge in [-0.15, -0.1) is 12.6 Å². The molecule has 0 radical (unpaired) electrons. The molecule has 3 atom stereocenters. The normalized spacial score (nSPS) is 15.8. The topological polar surface area (TPSA) is 112 Å². The van der Waals surface area contributed by atoms with Gasteiger partial charge in [0.15, 0.2) is 33.2 Å². The van der Waals surface area contributed by atoms with Crippen molar-refractivity contribution in [1.29, 1.82) is 0 Å². The van der Waals surface area contributed by atoms with Crippen LogP contribution in [0.1, 0.15) is 0 Å². The summed E-state index contributed by atoms with van der Waals surface area (Å²) >= 11 is -3.52. The van der Waals surface area contributed by atoms with E-state index in [0.717, 1.165) is 12.1 Å². The maximum absolute atomic E-state index is 10.9. The summed E-state index contributed by atoms with van der Waals surface area (Å²) in [5, 5.41) is 0. The van der Waals surface area contributed by atoms with Crippen molar-refractivity contribution in [3.63, 3.8) is 0 Å². The zero-order valence-corrected chi connectivity index (χ0v) is 14.4. The number of thiol groups is 1. The predicted molar refractivity (Wildman–Crippen MR) is 60.8 cm³/mol. The third-order valence-electron chi connectivity index (χ3n) is 1.59. The SMILES string of the molecule is O=S(O)c1cc(S(=O)O)c(S)c(S(=O)O)c1.[Zn]. The van der Waals surface area contributed by atoms with Gasteiger partial charge in [-0.05, 0) is 12.1 Å². The molecule has 0 amide bonds. The van der Waals surface area contributed by atoms with E-state index in [9.17, 15) is 12.6 Å². The second kappa shape index (κ2) is 7.20. The molecule has 3 N–H and O–H groups in total. The van der Waals surface area contributed by atoms with Gasteiger partial charge < -0.3 is 13.7 Å². The van der Waals surface area contributed by atoms with Gasteiger partial charge in [0.25, 0.3) is 0 Å². The smallest absolute Gasteiger partial charge is 0.187 e. The van der Waals surface area contributed by atoms with Gasteiger partial charge in [-0.1, -0.05) is 0 Å². The molecule has 0 aliphatic heterocycles. The van der Waals surface area contributed by atoms with E-state index in [1.54, 1.807) is 0 Å². The maximum atomic E-state index is 10.9. The second-order valence-corrected chi connectivity index (χ2v) is 5.81. The summed E-state index contributed by atoms with van der Waals surface area (Å²) in [5.41, 5.74) is 0. The number of hydrogen-bond donors (Lipinski definition) is 4. The van der Waals surface area contributed by atoms with Gasteiger partial charge in [-0.2, -0.15) is 0 Å². The molecule has 1 aromatic carbocycles. The first-order valence-corrected chi connectivity index (χ1v) is 7.31. The van der Waals surface area contributed by atoms with Crippen molar-refractivity contribution in [2.45, 2.75) is 19.6 Å². The molecule has 11 heteroatoms. The summed E-state index contributed by atoms with van der Waals surface area (Å²) < 4.78 is 59.1. The van der Waals surface area contributed by atoms with Crippen LogP contribution in [0, 0.1) is 0 Å². The first-order chi connectivity index (χ1) is 7.34. The Balaban J connectivity index is 0.00000256. The van der Waals surface area contributed by atoms with Crippen LogP contribution >= 0.6 is 12.6 Å². The van der Waals surface area contributed by atoms with Crippen LogP contribution in [0.3, 0.4) is 0 Å². The van der Waals surface area contributed by atoms with Gasteiger partial charge in [0.05, 0.1) is 14.7 Å². The first-order valence-electron chi connectivity index (χ1n) is 3.54. The van der Waals surface area contributed by atoms with Gasteiger partial charge >= 0.3 is 0 Å². The first kappa shape index (κ1) is 17.5. The third kappa shape index (κ3) is 4.28. The zero-order chi connectivity index (χ0) is 12.5. The summed E-state index contributed by atoms with van der Waals surface area (Å²) in [6, 6.07) is 1.95. The Morgan fingerprint density at radius 3 is 1.47 bits per heavy atom. The molecule has 17 heavy (non-hydrogen) atoms. The molecule has 0 aliphatic carbocycles. The van der Waals surface area contributed by atoms with Crippen molar-refractivity contribution < 1.29 is 45.8 Å². The van der Waals surface area contributed by atoms with Crippen LogP contribution < -0.4 is 0 Å². The molecule has 0 saturated carbocycles. The van der Waals surface area contributed by atoms with E-state index in [1.807, 2.05) is 0 Å². The molecule has 1 rings (SSSR count). The largest absolute Gasteiger partial charge is 0.302 e. The Morgan fingerprint density at radius 2 is 1.24 bits per heavy atom. The average molecular weight is 368 g/mol. The van der Waals surface area contributed by atoms with Gasteiger partial charge in [0.1, 0.15) is 0 Å². The summed E-state index contributed by atoms with van der Waals surface area (Å²) in [4.78, 5) is -0.982. The summed E-state index contributed by atoms with van der Waals surface area (Å²) in [6.45, 7) is 0. The molecule has 3 unspecified atom stereocenters. The monoisotopic (exact) mass is 366 g/mol. The number of rotatable bonds is 3. The van der Waals surface area contributed by atoms with Gasteiger partial charge in [0, 0.05) is 24.4 Å². The minimum Gasteiger partial charge on any atom is -0.302 e. The Labute approximate surface area is 123 Å². The molecule has 0 heterocycles. The quantitative estimate of drug-likeness (QED) is 0.356. The van der Waals surface area contributed by atoms with E-state index >= 15 is 0 Å². The van der Waals surface area contributed by atoms with E-state index in [4.69, 9.17) is 13.7 Å². The summed E-state index contributed by atoms with van der Waals surface area (Å²) in [7, 11) is 0. The van der Waals surface area contributed by atoms with E-state index in [-0.39, 0.29) is 39.1 Å². The molecular formula is C6H6O6S4Zn. The zero-order valence-electron chi connectivity index (χ0n) is 8.10. The molecule has 92 valence electrons. The Morgan fingerprint density at radius 1 is 0.882 bits per heavy atom.